The molecule has 0 N–H and O–H groups in total. The zero-order chi connectivity index (χ0) is 21.5. The van der Waals surface area contributed by atoms with Crippen LogP contribution < -0.4 is 10.5 Å². The fourth-order valence-corrected chi connectivity index (χ4v) is 5.51. The van der Waals surface area contributed by atoms with Crippen molar-refractivity contribution in [2.45, 2.75) is 26.3 Å². The predicted octanol–water partition coefficient (Wildman–Crippen LogP) is 5.18. The molecular weight excluding hydrogens is 474 g/mol. The molecule has 31 heavy (non-hydrogen) atoms. The van der Waals surface area contributed by atoms with Crippen molar-refractivity contribution in [3.05, 3.63) is 80.1 Å². The number of para-hydroxylation sites is 1. The predicted molar refractivity (Wildman–Crippen MR) is 129 cm³/mol. The van der Waals surface area contributed by atoms with E-state index in [-0.39, 0.29) is 18.0 Å². The minimum atomic E-state index is -0.175. The summed E-state index contributed by atoms with van der Waals surface area (Å²) in [5.41, 5.74) is 3.82. The van der Waals surface area contributed by atoms with Gasteiger partial charge in [0.15, 0.2) is 0 Å². The van der Waals surface area contributed by atoms with Gasteiger partial charge in [0, 0.05) is 27.1 Å². The van der Waals surface area contributed by atoms with E-state index in [1.54, 1.807) is 4.90 Å². The molecule has 7 heteroatoms. The lowest BCUT2D eigenvalue weighted by atomic mass is 10.0. The molecule has 0 spiro atoms. The molecule has 0 aliphatic carbocycles. The number of aromatic nitrogens is 2. The van der Waals surface area contributed by atoms with Gasteiger partial charge in [0.25, 0.3) is 5.56 Å². The van der Waals surface area contributed by atoms with E-state index >= 15 is 0 Å². The monoisotopic (exact) mass is 493 g/mol. The summed E-state index contributed by atoms with van der Waals surface area (Å²) >= 11 is 4.97. The third-order valence-electron chi connectivity index (χ3n) is 5.70. The molecular formula is C24H20BrN3O2S. The topological polar surface area (TPSA) is 55.2 Å². The van der Waals surface area contributed by atoms with Crippen LogP contribution >= 0.6 is 27.3 Å². The largest absolute Gasteiger partial charge is 0.311 e. The highest BCUT2D eigenvalue weighted by Crippen LogP contribution is 2.36. The Kier molecular flexibility index (Phi) is 5.24. The number of thiophene rings is 1. The van der Waals surface area contributed by atoms with Crippen molar-refractivity contribution in [2.75, 3.05) is 11.4 Å². The number of anilines is 1. The molecule has 1 aliphatic heterocycles. The first-order valence-corrected chi connectivity index (χ1v) is 11.8. The Morgan fingerprint density at radius 2 is 1.94 bits per heavy atom. The van der Waals surface area contributed by atoms with Crippen LogP contribution in [0, 0.1) is 6.92 Å². The molecule has 1 aliphatic rings. The standard InChI is InChI=1S/C24H20BrN3O2S/c1-15-21(17-8-10-18(25)11-9-17)22-23(31-15)26-14-27(24(22)30)13-20(29)28-12-4-6-16-5-2-3-7-19(16)28/h2-3,5,7-11,14H,4,6,12-13H2,1H3. The summed E-state index contributed by atoms with van der Waals surface area (Å²) in [7, 11) is 0. The molecule has 0 atom stereocenters. The number of fused-ring (bicyclic) bond motifs is 2. The second kappa shape index (κ2) is 8.05. The highest BCUT2D eigenvalue weighted by atomic mass is 79.9. The second-order valence-corrected chi connectivity index (χ2v) is 9.79. The second-order valence-electron chi connectivity index (χ2n) is 7.68. The van der Waals surface area contributed by atoms with E-state index in [4.69, 9.17) is 0 Å². The summed E-state index contributed by atoms with van der Waals surface area (Å²) < 4.78 is 2.42. The summed E-state index contributed by atoms with van der Waals surface area (Å²) in [5, 5.41) is 0.583. The summed E-state index contributed by atoms with van der Waals surface area (Å²) in [4.78, 5) is 34.6. The average molecular weight is 494 g/mol. The lowest BCUT2D eigenvalue weighted by Gasteiger charge is -2.29. The van der Waals surface area contributed by atoms with Gasteiger partial charge in [-0.3, -0.25) is 14.2 Å². The van der Waals surface area contributed by atoms with Crippen LogP contribution in [0.4, 0.5) is 5.69 Å². The highest BCUT2D eigenvalue weighted by molar-refractivity contribution is 9.10. The number of nitrogens with zero attached hydrogens (tertiary/aromatic N) is 3. The number of amides is 1. The third-order valence-corrected chi connectivity index (χ3v) is 7.25. The molecule has 0 unspecified atom stereocenters. The fraction of sp³-hybridized carbons (Fsp3) is 0.208. The van der Waals surface area contributed by atoms with Gasteiger partial charge in [0.05, 0.1) is 11.7 Å². The average Bonchev–Trinajstić information content (AvgIpc) is 3.12. The molecule has 0 bridgehead atoms. The van der Waals surface area contributed by atoms with E-state index in [0.717, 1.165) is 39.0 Å². The number of benzene rings is 2. The van der Waals surface area contributed by atoms with Crippen LogP contribution in [-0.4, -0.2) is 22.0 Å². The molecule has 0 radical (unpaired) electrons. The maximum Gasteiger partial charge on any atom is 0.263 e. The van der Waals surface area contributed by atoms with Crippen LogP contribution in [0.25, 0.3) is 21.3 Å². The molecule has 5 rings (SSSR count). The molecule has 0 saturated carbocycles. The Balaban J connectivity index is 1.54. The van der Waals surface area contributed by atoms with E-state index in [9.17, 15) is 9.59 Å². The maximum absolute atomic E-state index is 13.4. The highest BCUT2D eigenvalue weighted by Gasteiger charge is 2.24. The zero-order valence-electron chi connectivity index (χ0n) is 17.0. The summed E-state index contributed by atoms with van der Waals surface area (Å²) in [6.07, 6.45) is 3.39. The lowest BCUT2D eigenvalue weighted by molar-refractivity contribution is -0.119. The number of carbonyl (C=O) groups is 1. The molecule has 2 aromatic carbocycles. The Bertz CT molecular complexity index is 1360. The number of halogens is 1. The zero-order valence-corrected chi connectivity index (χ0v) is 19.4. The van der Waals surface area contributed by atoms with Gasteiger partial charge in [-0.1, -0.05) is 46.3 Å². The van der Waals surface area contributed by atoms with Crippen LogP contribution in [0.15, 0.2) is 64.1 Å². The number of aryl methyl sites for hydroxylation is 2. The van der Waals surface area contributed by atoms with Gasteiger partial charge in [-0.25, -0.2) is 4.98 Å². The van der Waals surface area contributed by atoms with Gasteiger partial charge < -0.3 is 4.90 Å². The van der Waals surface area contributed by atoms with Crippen LogP contribution in [0.3, 0.4) is 0 Å². The molecule has 1 amide bonds. The van der Waals surface area contributed by atoms with Crippen LogP contribution in [0.5, 0.6) is 0 Å². The van der Waals surface area contributed by atoms with Gasteiger partial charge in [-0.15, -0.1) is 11.3 Å². The summed E-state index contributed by atoms with van der Waals surface area (Å²) in [5.74, 6) is -0.0902. The molecule has 3 heterocycles. The smallest absolute Gasteiger partial charge is 0.263 e. The summed E-state index contributed by atoms with van der Waals surface area (Å²) in [6.45, 7) is 2.65. The first-order valence-electron chi connectivity index (χ1n) is 10.2. The molecule has 5 nitrogen and oxygen atoms in total. The molecule has 156 valence electrons. The number of carbonyl (C=O) groups excluding carboxylic acids is 1. The number of hydrogen-bond acceptors (Lipinski definition) is 4. The Morgan fingerprint density at radius 3 is 2.74 bits per heavy atom. The van der Waals surface area contributed by atoms with Gasteiger partial charge in [0.1, 0.15) is 11.4 Å². The Hall–Kier alpha value is -2.77. The summed E-state index contributed by atoms with van der Waals surface area (Å²) in [6, 6.07) is 15.9. The van der Waals surface area contributed by atoms with Crippen molar-refractivity contribution in [3.8, 4) is 11.1 Å². The molecule has 0 saturated heterocycles. The van der Waals surface area contributed by atoms with Gasteiger partial charge in [0.2, 0.25) is 5.91 Å². The Morgan fingerprint density at radius 1 is 1.16 bits per heavy atom. The Labute approximate surface area is 192 Å². The first kappa shape index (κ1) is 20.2. The normalized spacial score (nSPS) is 13.4. The van der Waals surface area contributed by atoms with E-state index in [0.29, 0.717) is 16.8 Å². The van der Waals surface area contributed by atoms with Gasteiger partial charge in [-0.2, -0.15) is 0 Å². The fourth-order valence-electron chi connectivity index (χ4n) is 4.24. The SMILES string of the molecule is Cc1sc2ncn(CC(=O)N3CCCc4ccccc43)c(=O)c2c1-c1ccc(Br)cc1. The van der Waals surface area contributed by atoms with Crippen molar-refractivity contribution in [2.24, 2.45) is 0 Å². The van der Waals surface area contributed by atoms with Crippen molar-refractivity contribution in [3.63, 3.8) is 0 Å². The first-order chi connectivity index (χ1) is 15.0. The van der Waals surface area contributed by atoms with Crippen LogP contribution in [0.2, 0.25) is 0 Å². The van der Waals surface area contributed by atoms with Gasteiger partial charge in [-0.05, 0) is 49.1 Å². The van der Waals surface area contributed by atoms with Crippen molar-refractivity contribution >= 4 is 49.1 Å². The minimum absolute atomic E-state index is 0.0230. The van der Waals surface area contributed by atoms with Crippen molar-refractivity contribution in [1.82, 2.24) is 9.55 Å². The maximum atomic E-state index is 13.4. The van der Waals surface area contributed by atoms with Crippen LogP contribution in [0.1, 0.15) is 16.9 Å². The number of rotatable bonds is 3. The van der Waals surface area contributed by atoms with E-state index in [2.05, 4.69) is 27.0 Å². The van der Waals surface area contributed by atoms with Crippen molar-refractivity contribution < 1.29 is 4.79 Å². The van der Waals surface area contributed by atoms with Crippen LogP contribution in [-0.2, 0) is 17.8 Å². The number of hydrogen-bond donors (Lipinski definition) is 0. The lowest BCUT2D eigenvalue weighted by Crippen LogP contribution is -2.39. The van der Waals surface area contributed by atoms with E-state index < -0.39 is 0 Å². The van der Waals surface area contributed by atoms with Gasteiger partial charge >= 0.3 is 0 Å². The molecule has 0 fully saturated rings. The third kappa shape index (κ3) is 3.62. The minimum Gasteiger partial charge on any atom is -0.311 e. The molecule has 2 aromatic heterocycles. The molecule has 4 aromatic rings. The quantitative estimate of drug-likeness (QED) is 0.395. The van der Waals surface area contributed by atoms with E-state index in [1.165, 1.54) is 27.8 Å². The van der Waals surface area contributed by atoms with E-state index in [1.807, 2.05) is 49.4 Å². The van der Waals surface area contributed by atoms with Crippen molar-refractivity contribution in [1.29, 1.82) is 0 Å².